The number of fused-ring (bicyclic) bond motifs is 2. The first kappa shape index (κ1) is 24.5. The van der Waals surface area contributed by atoms with Gasteiger partial charge in [-0.1, -0.05) is 18.2 Å². The monoisotopic (exact) mass is 462 g/mol. The second kappa shape index (κ2) is 11.0. The van der Waals surface area contributed by atoms with Crippen molar-refractivity contribution in [1.29, 1.82) is 0 Å². The first-order chi connectivity index (χ1) is 14.2. The van der Waals surface area contributed by atoms with E-state index in [9.17, 15) is 0 Å². The van der Waals surface area contributed by atoms with E-state index in [2.05, 4.69) is 4.98 Å². The number of pyridine rings is 2. The molecular weight excluding hydrogens is 439 g/mol. The zero-order valence-electron chi connectivity index (χ0n) is 17.2. The third kappa shape index (κ3) is 5.10. The molecule has 0 bridgehead atoms. The molecule has 0 atom stereocenters. The molecule has 8 heteroatoms. The average Bonchev–Trinajstić information content (AvgIpc) is 2.77. The van der Waals surface area contributed by atoms with Crippen LogP contribution in [0.2, 0.25) is 0 Å². The molecule has 0 amide bonds. The summed E-state index contributed by atoms with van der Waals surface area (Å²) >= 11 is 0. The van der Waals surface area contributed by atoms with Gasteiger partial charge >= 0.3 is 0 Å². The number of para-hydroxylation sites is 1. The molecule has 0 aliphatic carbocycles. The van der Waals surface area contributed by atoms with Gasteiger partial charge in [-0.15, -0.1) is 24.8 Å². The summed E-state index contributed by atoms with van der Waals surface area (Å²) in [6, 6.07) is 13.7. The third-order valence-electron chi connectivity index (χ3n) is 4.81. The van der Waals surface area contributed by atoms with E-state index in [0.29, 0.717) is 23.7 Å². The van der Waals surface area contributed by atoms with Gasteiger partial charge in [0.25, 0.3) is 0 Å². The van der Waals surface area contributed by atoms with Crippen LogP contribution in [0.4, 0.5) is 0 Å². The Hall–Kier alpha value is -2.80. The fraction of sp³-hybridized carbons (Fsp3) is 0.217. The highest BCUT2D eigenvalue weighted by Crippen LogP contribution is 2.34. The molecule has 6 nitrogen and oxygen atoms in total. The van der Waals surface area contributed by atoms with Crippen LogP contribution in [0.15, 0.2) is 54.9 Å². The summed E-state index contributed by atoms with van der Waals surface area (Å²) in [5.74, 6) is 2.02. The lowest BCUT2D eigenvalue weighted by molar-refractivity contribution is 0.202. The fourth-order valence-corrected chi connectivity index (χ4v) is 3.42. The Morgan fingerprint density at radius 2 is 1.65 bits per heavy atom. The minimum absolute atomic E-state index is 0. The number of rotatable bonds is 7. The number of ether oxygens (including phenoxy) is 3. The van der Waals surface area contributed by atoms with Crippen LogP contribution in [0.3, 0.4) is 0 Å². The number of hydrogen-bond donors (Lipinski definition) is 1. The van der Waals surface area contributed by atoms with Gasteiger partial charge in [-0.05, 0) is 35.2 Å². The van der Waals surface area contributed by atoms with Crippen molar-refractivity contribution in [3.8, 4) is 17.2 Å². The molecule has 0 spiro atoms. The molecule has 1 N–H and O–H groups in total. The Kier molecular flexibility index (Phi) is 8.68. The predicted octanol–water partition coefficient (Wildman–Crippen LogP) is 4.61. The van der Waals surface area contributed by atoms with E-state index in [0.717, 1.165) is 32.9 Å². The summed E-state index contributed by atoms with van der Waals surface area (Å²) in [6.45, 7) is 0.197. The average molecular weight is 463 g/mol. The van der Waals surface area contributed by atoms with Crippen LogP contribution < -0.4 is 14.2 Å². The zero-order chi connectivity index (χ0) is 20.2. The quantitative estimate of drug-likeness (QED) is 0.432. The number of halogens is 2. The minimum atomic E-state index is -0.0386. The summed E-state index contributed by atoms with van der Waals surface area (Å²) in [7, 11) is 3.25. The molecule has 4 aromatic rings. The Morgan fingerprint density at radius 3 is 2.39 bits per heavy atom. The smallest absolute Gasteiger partial charge is 0.161 e. The van der Waals surface area contributed by atoms with Gasteiger partial charge < -0.3 is 19.3 Å². The van der Waals surface area contributed by atoms with Crippen molar-refractivity contribution < 1.29 is 19.3 Å². The second-order valence-electron chi connectivity index (χ2n) is 6.61. The Bertz CT molecular complexity index is 1170. The van der Waals surface area contributed by atoms with E-state index in [1.807, 2.05) is 54.9 Å². The molecule has 0 saturated carbocycles. The fourth-order valence-electron chi connectivity index (χ4n) is 3.42. The molecule has 164 valence electrons. The van der Waals surface area contributed by atoms with Crippen molar-refractivity contribution in [3.05, 3.63) is 66.1 Å². The van der Waals surface area contributed by atoms with Gasteiger partial charge in [-0.2, -0.15) is 0 Å². The predicted molar refractivity (Wildman–Crippen MR) is 126 cm³/mol. The van der Waals surface area contributed by atoms with E-state index < -0.39 is 0 Å². The first-order valence-electron chi connectivity index (χ1n) is 9.34. The topological polar surface area (TPSA) is 73.7 Å². The third-order valence-corrected chi connectivity index (χ3v) is 4.81. The van der Waals surface area contributed by atoms with Gasteiger partial charge in [0.15, 0.2) is 11.5 Å². The summed E-state index contributed by atoms with van der Waals surface area (Å²) in [5.41, 5.74) is 2.73. The van der Waals surface area contributed by atoms with Crippen molar-refractivity contribution in [1.82, 2.24) is 9.97 Å². The van der Waals surface area contributed by atoms with Crippen LogP contribution in [-0.2, 0) is 6.42 Å². The molecule has 0 unspecified atom stereocenters. The summed E-state index contributed by atoms with van der Waals surface area (Å²) in [5, 5.41) is 12.1. The van der Waals surface area contributed by atoms with Crippen LogP contribution in [0.5, 0.6) is 17.2 Å². The minimum Gasteiger partial charge on any atom is -0.493 e. The van der Waals surface area contributed by atoms with Crippen molar-refractivity contribution >= 4 is 46.5 Å². The van der Waals surface area contributed by atoms with Crippen LogP contribution in [0.25, 0.3) is 21.7 Å². The van der Waals surface area contributed by atoms with Crippen molar-refractivity contribution in [2.24, 2.45) is 0 Å². The molecule has 4 rings (SSSR count). The van der Waals surface area contributed by atoms with Crippen LogP contribution in [0, 0.1) is 0 Å². The highest BCUT2D eigenvalue weighted by atomic mass is 35.5. The number of nitrogens with zero attached hydrogens (tertiary/aromatic N) is 2. The van der Waals surface area contributed by atoms with Crippen molar-refractivity contribution in [2.75, 3.05) is 27.4 Å². The molecule has 2 heterocycles. The van der Waals surface area contributed by atoms with Gasteiger partial charge in [0.2, 0.25) is 0 Å². The molecule has 31 heavy (non-hydrogen) atoms. The van der Waals surface area contributed by atoms with E-state index in [1.54, 1.807) is 14.2 Å². The Morgan fingerprint density at radius 1 is 0.871 bits per heavy atom. The molecule has 2 aromatic carbocycles. The largest absolute Gasteiger partial charge is 0.493 e. The second-order valence-corrected chi connectivity index (χ2v) is 6.61. The molecule has 0 radical (unpaired) electrons. The van der Waals surface area contributed by atoms with E-state index in [4.69, 9.17) is 24.3 Å². The summed E-state index contributed by atoms with van der Waals surface area (Å²) in [6.07, 6.45) is 4.29. The van der Waals surface area contributed by atoms with Crippen LogP contribution in [-0.4, -0.2) is 42.5 Å². The number of aliphatic hydroxyl groups is 1. The maximum atomic E-state index is 9.06. The van der Waals surface area contributed by atoms with Gasteiger partial charge in [0, 0.05) is 35.3 Å². The van der Waals surface area contributed by atoms with E-state index in [-0.39, 0.29) is 38.0 Å². The normalized spacial score (nSPS) is 10.3. The molecule has 0 fully saturated rings. The number of methoxy groups -OCH3 is 2. The lowest BCUT2D eigenvalue weighted by atomic mass is 10.0. The number of hydrogen-bond acceptors (Lipinski definition) is 6. The standard InChI is InChI=1S/C23H22N2O4.2ClH/c1-27-21-11-17-14-24-13-16(19(17)12-22(21)28-2)10-18-7-6-15-4-3-5-20(23(15)25-18)29-9-8-26;;/h3-7,11-14,26H,8-10H2,1-2H3;2*1H. The number of benzene rings is 2. The molecule has 2 aromatic heterocycles. The van der Waals surface area contributed by atoms with Crippen LogP contribution >= 0.6 is 24.8 Å². The van der Waals surface area contributed by atoms with Gasteiger partial charge in [0.05, 0.1) is 20.8 Å². The maximum Gasteiger partial charge on any atom is 0.161 e. The Labute approximate surface area is 193 Å². The van der Waals surface area contributed by atoms with E-state index in [1.165, 1.54) is 0 Å². The van der Waals surface area contributed by atoms with Gasteiger partial charge in [-0.3, -0.25) is 4.98 Å². The summed E-state index contributed by atoms with van der Waals surface area (Å²) in [4.78, 5) is 9.20. The van der Waals surface area contributed by atoms with Crippen molar-refractivity contribution in [3.63, 3.8) is 0 Å². The summed E-state index contributed by atoms with van der Waals surface area (Å²) < 4.78 is 16.5. The van der Waals surface area contributed by atoms with Crippen LogP contribution in [0.1, 0.15) is 11.3 Å². The number of aromatic nitrogens is 2. The lowest BCUT2D eigenvalue weighted by Crippen LogP contribution is -2.03. The highest BCUT2D eigenvalue weighted by molar-refractivity contribution is 5.89. The molecular formula is C23H24Cl2N2O4. The first-order valence-corrected chi connectivity index (χ1v) is 9.34. The molecule has 0 aliphatic rings. The van der Waals surface area contributed by atoms with Gasteiger partial charge in [-0.25, -0.2) is 4.98 Å². The van der Waals surface area contributed by atoms with Gasteiger partial charge in [0.1, 0.15) is 17.9 Å². The SMILES string of the molecule is COc1cc2cncc(Cc3ccc4cccc(OCCO)c4n3)c2cc1OC.Cl.Cl. The number of aliphatic hydroxyl groups excluding tert-OH is 1. The zero-order valence-corrected chi connectivity index (χ0v) is 18.8. The maximum absolute atomic E-state index is 9.06. The van der Waals surface area contributed by atoms with E-state index >= 15 is 0 Å². The lowest BCUT2D eigenvalue weighted by Gasteiger charge is -2.12. The Balaban J connectivity index is 0.00000171. The molecule has 0 aliphatic heterocycles. The molecule has 0 saturated heterocycles. The highest BCUT2D eigenvalue weighted by Gasteiger charge is 2.11. The van der Waals surface area contributed by atoms with Crippen molar-refractivity contribution in [2.45, 2.75) is 6.42 Å².